The molecule has 0 amide bonds. The van der Waals surface area contributed by atoms with E-state index in [1.165, 1.54) is 18.6 Å². The van der Waals surface area contributed by atoms with Crippen molar-refractivity contribution in [2.75, 3.05) is 25.6 Å². The second-order valence-corrected chi connectivity index (χ2v) is 7.86. The number of nitrogens with zero attached hydrogens (tertiary/aromatic N) is 2. The van der Waals surface area contributed by atoms with E-state index in [4.69, 9.17) is 0 Å². The van der Waals surface area contributed by atoms with Crippen LogP contribution < -0.4 is 10.6 Å². The average Bonchev–Trinajstić information content (AvgIpc) is 2.91. The van der Waals surface area contributed by atoms with Crippen molar-refractivity contribution < 1.29 is 0 Å². The van der Waals surface area contributed by atoms with Gasteiger partial charge in [-0.15, -0.1) is 35.3 Å². The Morgan fingerprint density at radius 3 is 2.59 bits per heavy atom. The number of unbranched alkanes of at least 4 members (excludes halogenated alkanes) is 1. The number of hydrogen-bond donors (Lipinski definition) is 2. The van der Waals surface area contributed by atoms with Crippen molar-refractivity contribution in [1.29, 1.82) is 0 Å². The number of guanidine groups is 1. The monoisotopic (exact) mass is 456 g/mol. The van der Waals surface area contributed by atoms with Gasteiger partial charge in [-0.25, -0.2) is 4.98 Å². The molecule has 0 aromatic carbocycles. The highest BCUT2D eigenvalue weighted by molar-refractivity contribution is 14.0. The van der Waals surface area contributed by atoms with Crippen molar-refractivity contribution in [2.24, 2.45) is 4.99 Å². The highest BCUT2D eigenvalue weighted by Crippen LogP contribution is 2.23. The lowest BCUT2D eigenvalue weighted by Gasteiger charge is -2.14. The first-order valence-corrected chi connectivity index (χ1v) is 9.63. The fraction of sp³-hybridized carbons (Fsp3) is 0.733. The smallest absolute Gasteiger partial charge is 0.191 e. The molecule has 1 rings (SSSR count). The SMILES string of the molecule is CN=C(NCCCCSC)NCc1nc(C(C)(C)C)cs1.I. The highest BCUT2D eigenvalue weighted by atomic mass is 127. The van der Waals surface area contributed by atoms with Crippen LogP contribution in [0.3, 0.4) is 0 Å². The van der Waals surface area contributed by atoms with Gasteiger partial charge in [0.15, 0.2) is 5.96 Å². The maximum absolute atomic E-state index is 4.68. The first-order chi connectivity index (χ1) is 9.97. The molecule has 0 aliphatic carbocycles. The molecule has 0 spiro atoms. The third kappa shape index (κ3) is 8.57. The van der Waals surface area contributed by atoms with Crippen LogP contribution in [0.5, 0.6) is 0 Å². The molecule has 2 N–H and O–H groups in total. The number of aliphatic imine (C=N–C) groups is 1. The van der Waals surface area contributed by atoms with Crippen LogP contribution >= 0.6 is 47.1 Å². The molecule has 0 aliphatic heterocycles. The van der Waals surface area contributed by atoms with E-state index in [2.05, 4.69) is 53.0 Å². The molecule has 0 bridgehead atoms. The van der Waals surface area contributed by atoms with Gasteiger partial charge in [-0.05, 0) is 24.9 Å². The van der Waals surface area contributed by atoms with Gasteiger partial charge in [-0.3, -0.25) is 4.99 Å². The molecule has 1 aromatic heterocycles. The Hall–Kier alpha value is -0.0200. The Balaban J connectivity index is 0.00000441. The van der Waals surface area contributed by atoms with E-state index in [1.807, 2.05) is 11.8 Å². The van der Waals surface area contributed by atoms with Crippen LogP contribution in [-0.2, 0) is 12.0 Å². The average molecular weight is 456 g/mol. The second kappa shape index (κ2) is 11.5. The largest absolute Gasteiger partial charge is 0.356 e. The quantitative estimate of drug-likeness (QED) is 0.283. The predicted molar refractivity (Wildman–Crippen MR) is 112 cm³/mol. The maximum Gasteiger partial charge on any atom is 0.191 e. The van der Waals surface area contributed by atoms with Gasteiger partial charge in [0.1, 0.15) is 5.01 Å². The molecule has 1 aromatic rings. The summed E-state index contributed by atoms with van der Waals surface area (Å²) in [6.45, 7) is 8.26. The van der Waals surface area contributed by atoms with Crippen molar-refractivity contribution in [1.82, 2.24) is 15.6 Å². The van der Waals surface area contributed by atoms with Crippen molar-refractivity contribution in [3.05, 3.63) is 16.1 Å². The van der Waals surface area contributed by atoms with E-state index in [-0.39, 0.29) is 29.4 Å². The number of thiazole rings is 1. The Bertz CT molecular complexity index is 441. The van der Waals surface area contributed by atoms with E-state index in [0.29, 0.717) is 0 Å². The number of halogens is 1. The molecule has 0 saturated carbocycles. The van der Waals surface area contributed by atoms with Crippen molar-refractivity contribution >= 4 is 53.0 Å². The molecule has 7 heteroatoms. The number of rotatable bonds is 7. The topological polar surface area (TPSA) is 49.3 Å². The van der Waals surface area contributed by atoms with Crippen LogP contribution in [0, 0.1) is 0 Å². The second-order valence-electron chi connectivity index (χ2n) is 5.93. The summed E-state index contributed by atoms with van der Waals surface area (Å²) < 4.78 is 0. The minimum absolute atomic E-state index is 0. The third-order valence-corrected chi connectivity index (χ3v) is 4.56. The van der Waals surface area contributed by atoms with Crippen LogP contribution in [0.1, 0.15) is 44.3 Å². The van der Waals surface area contributed by atoms with Crippen LogP contribution in [0.4, 0.5) is 0 Å². The Morgan fingerprint density at radius 1 is 1.32 bits per heavy atom. The lowest BCUT2D eigenvalue weighted by Crippen LogP contribution is -2.37. The molecule has 0 atom stereocenters. The summed E-state index contributed by atoms with van der Waals surface area (Å²) in [4.78, 5) is 8.92. The number of thioether (sulfide) groups is 1. The predicted octanol–water partition coefficient (Wildman–Crippen LogP) is 3.87. The lowest BCUT2D eigenvalue weighted by molar-refractivity contribution is 0.570. The summed E-state index contributed by atoms with van der Waals surface area (Å²) in [6.07, 6.45) is 4.56. The number of aromatic nitrogens is 1. The minimum atomic E-state index is 0. The van der Waals surface area contributed by atoms with Crippen molar-refractivity contribution in [3.8, 4) is 0 Å². The van der Waals surface area contributed by atoms with Crippen LogP contribution in [0.15, 0.2) is 10.4 Å². The minimum Gasteiger partial charge on any atom is -0.356 e. The van der Waals surface area contributed by atoms with E-state index in [0.717, 1.165) is 29.8 Å². The summed E-state index contributed by atoms with van der Waals surface area (Å²) in [6, 6.07) is 0. The zero-order chi connectivity index (χ0) is 15.7. The van der Waals surface area contributed by atoms with Gasteiger partial charge in [0.25, 0.3) is 0 Å². The number of hydrogen-bond acceptors (Lipinski definition) is 4. The van der Waals surface area contributed by atoms with Crippen LogP contribution in [0.25, 0.3) is 0 Å². The third-order valence-electron chi connectivity index (χ3n) is 3.02. The summed E-state index contributed by atoms with van der Waals surface area (Å²) in [7, 11) is 1.81. The molecule has 128 valence electrons. The summed E-state index contributed by atoms with van der Waals surface area (Å²) in [5.74, 6) is 2.08. The molecule has 0 unspecified atom stereocenters. The van der Waals surface area contributed by atoms with Crippen molar-refractivity contribution in [2.45, 2.75) is 45.6 Å². The number of nitrogens with one attached hydrogen (secondary N) is 2. The Morgan fingerprint density at radius 2 is 2.05 bits per heavy atom. The van der Waals surface area contributed by atoms with Gasteiger partial charge in [-0.2, -0.15) is 11.8 Å². The van der Waals surface area contributed by atoms with E-state index in [9.17, 15) is 0 Å². The van der Waals surface area contributed by atoms with Gasteiger partial charge in [0.2, 0.25) is 0 Å². The summed E-state index contributed by atoms with van der Waals surface area (Å²) in [5.41, 5.74) is 1.27. The molecule has 1 heterocycles. The maximum atomic E-state index is 4.68. The standard InChI is InChI=1S/C15H28N4S2.HI/c1-15(2,3)12-11-21-13(19-12)10-18-14(16-4)17-8-6-7-9-20-5;/h11H,6-10H2,1-5H3,(H2,16,17,18);1H. The molecular formula is C15H29IN4S2. The van der Waals surface area contributed by atoms with Gasteiger partial charge >= 0.3 is 0 Å². The Labute approximate surface area is 160 Å². The van der Waals surface area contributed by atoms with E-state index in [1.54, 1.807) is 18.4 Å². The first-order valence-electron chi connectivity index (χ1n) is 7.35. The molecule has 0 radical (unpaired) electrons. The van der Waals surface area contributed by atoms with Gasteiger partial charge in [0, 0.05) is 24.4 Å². The normalized spacial score (nSPS) is 12.0. The first kappa shape index (κ1) is 22.0. The summed E-state index contributed by atoms with van der Waals surface area (Å²) >= 11 is 3.60. The zero-order valence-electron chi connectivity index (χ0n) is 14.2. The highest BCUT2D eigenvalue weighted by Gasteiger charge is 2.17. The molecule has 0 saturated heterocycles. The van der Waals surface area contributed by atoms with Gasteiger partial charge < -0.3 is 10.6 Å². The van der Waals surface area contributed by atoms with E-state index >= 15 is 0 Å². The Kier molecular flexibility index (Phi) is 11.5. The fourth-order valence-electron chi connectivity index (χ4n) is 1.69. The molecule has 0 fully saturated rings. The van der Waals surface area contributed by atoms with E-state index < -0.39 is 0 Å². The fourth-order valence-corrected chi connectivity index (χ4v) is 3.15. The van der Waals surface area contributed by atoms with Gasteiger partial charge in [-0.1, -0.05) is 20.8 Å². The molecule has 0 aliphatic rings. The lowest BCUT2D eigenvalue weighted by atomic mass is 9.93. The van der Waals surface area contributed by atoms with Crippen LogP contribution in [0.2, 0.25) is 0 Å². The van der Waals surface area contributed by atoms with Crippen molar-refractivity contribution in [3.63, 3.8) is 0 Å². The van der Waals surface area contributed by atoms with Crippen LogP contribution in [-0.4, -0.2) is 36.5 Å². The molecule has 22 heavy (non-hydrogen) atoms. The molecular weight excluding hydrogens is 427 g/mol. The van der Waals surface area contributed by atoms with Gasteiger partial charge in [0.05, 0.1) is 12.2 Å². The zero-order valence-corrected chi connectivity index (χ0v) is 18.2. The summed E-state index contributed by atoms with van der Waals surface area (Å²) in [5, 5.41) is 9.92. The molecule has 4 nitrogen and oxygen atoms in total.